The second-order valence-electron chi connectivity index (χ2n) is 13.1. The van der Waals surface area contributed by atoms with Gasteiger partial charge >= 0.3 is 5.97 Å². The van der Waals surface area contributed by atoms with Gasteiger partial charge in [0.15, 0.2) is 11.5 Å². The van der Waals surface area contributed by atoms with Gasteiger partial charge in [0.2, 0.25) is 0 Å². The number of aliphatic hydroxyl groups excluding tert-OH is 1. The van der Waals surface area contributed by atoms with E-state index in [1.807, 2.05) is 19.1 Å². The lowest BCUT2D eigenvalue weighted by Crippen LogP contribution is -2.64. The fourth-order valence-corrected chi connectivity index (χ4v) is 7.81. The Bertz CT molecular complexity index is 1080. The third-order valence-electron chi connectivity index (χ3n) is 10.1. The Morgan fingerprint density at radius 2 is 1.67 bits per heavy atom. The first-order valence-electron chi connectivity index (χ1n) is 17.3. The summed E-state index contributed by atoms with van der Waals surface area (Å²) in [5.41, 5.74) is 2.29. The number of aromatic hydroxyl groups is 1. The lowest BCUT2D eigenvalue weighted by molar-refractivity contribution is -0.143. The first-order chi connectivity index (χ1) is 20.9. The number of nitrogens with zero attached hydrogens (tertiary/aromatic N) is 1. The molecule has 0 aromatic heterocycles. The Morgan fingerprint density at radius 1 is 1.00 bits per heavy atom. The van der Waals surface area contributed by atoms with Gasteiger partial charge in [-0.25, -0.2) is 0 Å². The third-order valence-corrected chi connectivity index (χ3v) is 10.1. The van der Waals surface area contributed by atoms with Crippen molar-refractivity contribution in [3.63, 3.8) is 0 Å². The Labute approximate surface area is 260 Å². The zero-order valence-corrected chi connectivity index (χ0v) is 27.1. The number of phenolic OH excluding ortho intramolecular Hbond substituents is 1. The molecule has 2 heterocycles. The summed E-state index contributed by atoms with van der Waals surface area (Å²) < 4.78 is 11.0. The first kappa shape index (κ1) is 33.6. The smallest absolute Gasteiger partial charge is 0.305 e. The Balaban J connectivity index is 0.000000197. The van der Waals surface area contributed by atoms with Gasteiger partial charge in [-0.3, -0.25) is 4.79 Å². The number of likely N-dealkylation sites (tertiary alicyclic amines) is 1. The molecule has 2 bridgehead atoms. The van der Waals surface area contributed by atoms with Crippen molar-refractivity contribution in [1.29, 1.82) is 0 Å². The Hall–Kier alpha value is -2.31. The maximum absolute atomic E-state index is 11.1. The molecule has 6 nitrogen and oxygen atoms in total. The molecule has 2 N–H and O–H groups in total. The number of benzene rings is 1. The average molecular weight is 596 g/mol. The normalized spacial score (nSPS) is 26.5. The highest BCUT2D eigenvalue weighted by Gasteiger charge is 2.64. The van der Waals surface area contributed by atoms with Crippen molar-refractivity contribution >= 4 is 5.97 Å². The molecule has 43 heavy (non-hydrogen) atoms. The summed E-state index contributed by atoms with van der Waals surface area (Å²) in [7, 11) is 2.19. The number of ether oxygens (including phenoxy) is 2. The van der Waals surface area contributed by atoms with Gasteiger partial charge in [-0.2, -0.15) is 0 Å². The van der Waals surface area contributed by atoms with Gasteiger partial charge in [-0.05, 0) is 77.1 Å². The van der Waals surface area contributed by atoms with E-state index in [4.69, 9.17) is 9.47 Å². The molecule has 0 saturated carbocycles. The zero-order chi connectivity index (χ0) is 30.7. The molecule has 0 unspecified atom stereocenters. The first-order valence-corrected chi connectivity index (χ1v) is 17.3. The van der Waals surface area contributed by atoms with Crippen molar-refractivity contribution in [2.24, 2.45) is 5.92 Å². The van der Waals surface area contributed by atoms with E-state index in [-0.39, 0.29) is 23.2 Å². The molecule has 240 valence electrons. The fourth-order valence-electron chi connectivity index (χ4n) is 7.81. The van der Waals surface area contributed by atoms with Crippen LogP contribution in [-0.4, -0.2) is 59.5 Å². The number of piperidine rings is 1. The monoisotopic (exact) mass is 595 g/mol. The SMILES string of the molecule is CCCCCCCC/C=C\CCCCCCCC(=O)OCC.CN1CC[C@]23c4c5ccc(O)c4O[C@H]2[C@@H](O)C=C[C@H]3[C@H]1C5. The van der Waals surface area contributed by atoms with Crippen LogP contribution in [0.15, 0.2) is 36.4 Å². The van der Waals surface area contributed by atoms with Gasteiger partial charge in [0.25, 0.3) is 0 Å². The van der Waals surface area contributed by atoms with Crippen molar-refractivity contribution in [2.75, 3.05) is 20.2 Å². The predicted molar refractivity (Wildman–Crippen MR) is 174 cm³/mol. The quantitative estimate of drug-likeness (QED) is 0.115. The van der Waals surface area contributed by atoms with Gasteiger partial charge in [-0.15, -0.1) is 0 Å². The summed E-state index contributed by atoms with van der Waals surface area (Å²) in [6, 6.07) is 4.23. The third kappa shape index (κ3) is 8.05. The van der Waals surface area contributed by atoms with Gasteiger partial charge in [-0.1, -0.05) is 88.7 Å². The van der Waals surface area contributed by atoms with Crippen molar-refractivity contribution in [3.8, 4) is 11.5 Å². The fraction of sp³-hybridized carbons (Fsp3) is 0.703. The predicted octanol–water partition coefficient (Wildman–Crippen LogP) is 7.79. The number of esters is 1. The van der Waals surface area contributed by atoms with Gasteiger partial charge in [0, 0.05) is 29.4 Å². The highest BCUT2D eigenvalue weighted by Crippen LogP contribution is 2.62. The summed E-state index contributed by atoms with van der Waals surface area (Å²) >= 11 is 0. The van der Waals surface area contributed by atoms with Gasteiger partial charge in [0.05, 0.1) is 6.61 Å². The molecule has 2 aliphatic heterocycles. The summed E-state index contributed by atoms with van der Waals surface area (Å²) in [6.07, 6.45) is 27.2. The van der Waals surface area contributed by atoms with Crippen LogP contribution in [0, 0.1) is 5.92 Å². The van der Waals surface area contributed by atoms with Crippen LogP contribution in [-0.2, 0) is 21.4 Å². The zero-order valence-electron chi connectivity index (χ0n) is 27.1. The molecule has 1 aromatic carbocycles. The van der Waals surface area contributed by atoms with Gasteiger partial charge in [0.1, 0.15) is 12.2 Å². The molecule has 0 radical (unpaired) electrons. The summed E-state index contributed by atoms with van der Waals surface area (Å²) in [4.78, 5) is 13.6. The molecule has 1 spiro atoms. The van der Waals surface area contributed by atoms with E-state index in [2.05, 4.69) is 37.1 Å². The number of phenols is 1. The second kappa shape index (κ2) is 16.7. The number of allylic oxidation sites excluding steroid dienone is 2. The minimum Gasteiger partial charge on any atom is -0.504 e. The number of likely N-dealkylation sites (N-methyl/N-ethyl adjacent to an activating group) is 1. The highest BCUT2D eigenvalue weighted by molar-refractivity contribution is 5.69. The van der Waals surface area contributed by atoms with Crippen molar-refractivity contribution in [2.45, 2.75) is 140 Å². The van der Waals surface area contributed by atoms with Crippen molar-refractivity contribution < 1.29 is 24.5 Å². The van der Waals surface area contributed by atoms with E-state index in [1.54, 1.807) is 6.07 Å². The molecule has 0 amide bonds. The van der Waals surface area contributed by atoms with E-state index in [9.17, 15) is 15.0 Å². The largest absolute Gasteiger partial charge is 0.504 e. The number of carbonyl (C=O) groups is 1. The van der Waals surface area contributed by atoms with Crippen LogP contribution in [0.2, 0.25) is 0 Å². The number of carbonyl (C=O) groups excluding carboxylic acids is 1. The van der Waals surface area contributed by atoms with E-state index in [0.29, 0.717) is 30.7 Å². The minimum absolute atomic E-state index is 0.0415. The molecule has 6 heteroatoms. The van der Waals surface area contributed by atoms with Crippen LogP contribution in [0.5, 0.6) is 11.5 Å². The van der Waals surface area contributed by atoms with E-state index in [0.717, 1.165) is 32.2 Å². The van der Waals surface area contributed by atoms with Crippen LogP contribution in [0.4, 0.5) is 0 Å². The van der Waals surface area contributed by atoms with Crippen LogP contribution < -0.4 is 4.74 Å². The molecule has 5 atom stereocenters. The maximum Gasteiger partial charge on any atom is 0.305 e. The number of rotatable bonds is 16. The number of aliphatic hydroxyl groups is 1. The van der Waals surface area contributed by atoms with E-state index < -0.39 is 6.10 Å². The molecule has 1 aromatic rings. The molecule has 5 rings (SSSR count). The minimum atomic E-state index is -0.594. The van der Waals surface area contributed by atoms with E-state index in [1.165, 1.54) is 81.8 Å². The van der Waals surface area contributed by atoms with Crippen molar-refractivity contribution in [3.05, 3.63) is 47.6 Å². The second-order valence-corrected chi connectivity index (χ2v) is 13.1. The average Bonchev–Trinajstić information content (AvgIpc) is 3.36. The summed E-state index contributed by atoms with van der Waals surface area (Å²) in [5.74, 6) is 1.15. The van der Waals surface area contributed by atoms with Crippen molar-refractivity contribution in [1.82, 2.24) is 4.90 Å². The van der Waals surface area contributed by atoms with Crippen LogP contribution >= 0.6 is 0 Å². The van der Waals surface area contributed by atoms with Gasteiger partial charge < -0.3 is 24.6 Å². The molecular formula is C37H57NO5. The maximum atomic E-state index is 11.1. The summed E-state index contributed by atoms with van der Waals surface area (Å²) in [5, 5.41) is 20.6. The Morgan fingerprint density at radius 3 is 2.37 bits per heavy atom. The lowest BCUT2D eigenvalue weighted by atomic mass is 9.53. The number of unbranched alkanes of at least 4 members (excludes halogenated alkanes) is 11. The molecule has 2 aliphatic carbocycles. The van der Waals surface area contributed by atoms with Crippen LogP contribution in [0.3, 0.4) is 0 Å². The van der Waals surface area contributed by atoms with Crippen LogP contribution in [0.25, 0.3) is 0 Å². The van der Waals surface area contributed by atoms with Crippen LogP contribution in [0.1, 0.15) is 121 Å². The lowest BCUT2D eigenvalue weighted by Gasteiger charge is -2.56. The molecular weight excluding hydrogens is 538 g/mol. The standard InChI is InChI=1S/C20H38O2.C17H19NO3/c1-3-5-6-7-8-9-10-11-12-13-14-15-16-17-18-19-20(21)22-4-2;1-18-7-6-17-10-3-5-13(20)16(17)21-15-12(19)4-2-9(14(15)17)8-11(10)18/h11-12H,3-10,13-19H2,1-2H3;2-5,10-11,13,16,19-20H,6-8H2,1H3/b12-11-;/t;10-,11+,13-,16-,17-/m.0/s1. The number of hydrogen-bond donors (Lipinski definition) is 2. The molecule has 1 fully saturated rings. The number of hydrogen-bond acceptors (Lipinski definition) is 6. The highest BCUT2D eigenvalue weighted by atomic mass is 16.5. The van der Waals surface area contributed by atoms with E-state index >= 15 is 0 Å². The topological polar surface area (TPSA) is 79.2 Å². The Kier molecular flexibility index (Phi) is 13.0. The summed E-state index contributed by atoms with van der Waals surface area (Å²) in [6.45, 7) is 5.64. The molecule has 4 aliphatic rings. The molecule has 1 saturated heterocycles.